The van der Waals surface area contributed by atoms with Crippen molar-refractivity contribution in [2.24, 2.45) is 5.92 Å². The maximum atomic E-state index is 11.9. The van der Waals surface area contributed by atoms with Crippen molar-refractivity contribution in [1.29, 1.82) is 0 Å². The van der Waals surface area contributed by atoms with E-state index in [9.17, 15) is 9.59 Å². The highest BCUT2D eigenvalue weighted by molar-refractivity contribution is 5.88. The molecule has 1 heterocycles. The Labute approximate surface area is 115 Å². The second kappa shape index (κ2) is 7.16. The van der Waals surface area contributed by atoms with E-state index >= 15 is 0 Å². The molecule has 0 radical (unpaired) electrons. The van der Waals surface area contributed by atoms with Crippen molar-refractivity contribution in [2.75, 3.05) is 32.7 Å². The van der Waals surface area contributed by atoms with Crippen LogP contribution in [0.2, 0.25) is 0 Å². The van der Waals surface area contributed by atoms with Crippen molar-refractivity contribution in [3.05, 3.63) is 11.6 Å². The van der Waals surface area contributed by atoms with Gasteiger partial charge >= 0.3 is 6.03 Å². The van der Waals surface area contributed by atoms with Crippen molar-refractivity contribution in [3.63, 3.8) is 0 Å². The number of hydrogen-bond donors (Lipinski definition) is 1. The Morgan fingerprint density at radius 2 is 1.63 bits per heavy atom. The van der Waals surface area contributed by atoms with Crippen LogP contribution in [0.3, 0.4) is 0 Å². The molecule has 3 amide bonds. The molecule has 19 heavy (non-hydrogen) atoms. The van der Waals surface area contributed by atoms with E-state index in [4.69, 9.17) is 0 Å². The van der Waals surface area contributed by atoms with E-state index < -0.39 is 0 Å². The van der Waals surface area contributed by atoms with E-state index in [1.807, 2.05) is 13.8 Å². The Hall–Kier alpha value is -1.52. The lowest BCUT2D eigenvalue weighted by Crippen LogP contribution is -2.53. The highest BCUT2D eigenvalue weighted by Crippen LogP contribution is 2.04. The maximum absolute atomic E-state index is 11.9. The quantitative estimate of drug-likeness (QED) is 0.787. The first-order chi connectivity index (χ1) is 8.90. The Morgan fingerprint density at radius 3 is 2.11 bits per heavy atom. The summed E-state index contributed by atoms with van der Waals surface area (Å²) in [5.74, 6) is 0.492. The predicted octanol–water partition coefficient (Wildman–Crippen LogP) is 1.46. The average molecular weight is 267 g/mol. The molecule has 1 fully saturated rings. The number of piperazine rings is 1. The van der Waals surface area contributed by atoms with Crippen LogP contribution in [0.25, 0.3) is 0 Å². The van der Waals surface area contributed by atoms with Gasteiger partial charge in [0.1, 0.15) is 0 Å². The molecule has 5 nitrogen and oxygen atoms in total. The van der Waals surface area contributed by atoms with Gasteiger partial charge in [0.25, 0.3) is 0 Å². The second-order valence-corrected chi connectivity index (χ2v) is 5.61. The number of rotatable bonds is 3. The summed E-state index contributed by atoms with van der Waals surface area (Å²) >= 11 is 0. The summed E-state index contributed by atoms with van der Waals surface area (Å²) in [4.78, 5) is 27.3. The van der Waals surface area contributed by atoms with Gasteiger partial charge in [-0.3, -0.25) is 4.79 Å². The molecular formula is C14H25N3O2. The lowest BCUT2D eigenvalue weighted by atomic mass is 10.2. The zero-order valence-electron chi connectivity index (χ0n) is 12.4. The molecule has 1 aliphatic rings. The summed E-state index contributed by atoms with van der Waals surface area (Å²) in [6, 6.07) is -0.0250. The lowest BCUT2D eigenvalue weighted by molar-refractivity contribution is -0.127. The Bertz CT molecular complexity index is 352. The van der Waals surface area contributed by atoms with Gasteiger partial charge in [0.15, 0.2) is 0 Å². The third-order valence-electron chi connectivity index (χ3n) is 2.95. The first-order valence-electron chi connectivity index (χ1n) is 6.86. The number of nitrogens with one attached hydrogen (secondary N) is 1. The van der Waals surface area contributed by atoms with Gasteiger partial charge in [0, 0.05) is 38.8 Å². The minimum atomic E-state index is -0.0250. The summed E-state index contributed by atoms with van der Waals surface area (Å²) in [7, 11) is 0. The largest absolute Gasteiger partial charge is 0.338 e. The van der Waals surface area contributed by atoms with E-state index in [-0.39, 0.29) is 11.9 Å². The van der Waals surface area contributed by atoms with E-state index in [2.05, 4.69) is 19.2 Å². The molecule has 1 aliphatic heterocycles. The van der Waals surface area contributed by atoms with Crippen LogP contribution < -0.4 is 5.32 Å². The molecule has 108 valence electrons. The molecule has 1 N–H and O–H groups in total. The minimum Gasteiger partial charge on any atom is -0.338 e. The van der Waals surface area contributed by atoms with Crippen LogP contribution in [0.15, 0.2) is 11.6 Å². The Kier molecular flexibility index (Phi) is 5.86. The van der Waals surface area contributed by atoms with Crippen LogP contribution in [0.4, 0.5) is 4.79 Å². The third kappa shape index (κ3) is 5.32. The van der Waals surface area contributed by atoms with Gasteiger partial charge in [-0.05, 0) is 19.8 Å². The van der Waals surface area contributed by atoms with Crippen molar-refractivity contribution < 1.29 is 9.59 Å². The summed E-state index contributed by atoms with van der Waals surface area (Å²) in [5.41, 5.74) is 1.00. The summed E-state index contributed by atoms with van der Waals surface area (Å²) in [6.07, 6.45) is 1.65. The SMILES string of the molecule is CC(C)=CC(=O)N1CCN(C(=O)NCC(C)C)CC1. The predicted molar refractivity (Wildman–Crippen MR) is 75.8 cm³/mol. The molecule has 0 aromatic heterocycles. The van der Waals surface area contributed by atoms with Crippen molar-refractivity contribution in [1.82, 2.24) is 15.1 Å². The molecule has 0 bridgehead atoms. The molecule has 0 aromatic rings. The Balaban J connectivity index is 2.38. The first-order valence-corrected chi connectivity index (χ1v) is 6.86. The fraction of sp³-hybridized carbons (Fsp3) is 0.714. The standard InChI is InChI=1S/C14H25N3O2/c1-11(2)9-13(18)16-5-7-17(8-6-16)14(19)15-10-12(3)4/h9,12H,5-8,10H2,1-4H3,(H,15,19). The molecule has 0 spiro atoms. The fourth-order valence-corrected chi connectivity index (χ4v) is 1.87. The van der Waals surface area contributed by atoms with Gasteiger partial charge in [-0.15, -0.1) is 0 Å². The first kappa shape index (κ1) is 15.5. The molecule has 5 heteroatoms. The topological polar surface area (TPSA) is 52.7 Å². The molecular weight excluding hydrogens is 242 g/mol. The van der Waals surface area contributed by atoms with E-state index in [0.717, 1.165) is 5.57 Å². The maximum Gasteiger partial charge on any atom is 0.317 e. The molecule has 0 unspecified atom stereocenters. The van der Waals surface area contributed by atoms with Crippen LogP contribution in [0.5, 0.6) is 0 Å². The zero-order valence-corrected chi connectivity index (χ0v) is 12.4. The number of urea groups is 1. The number of amides is 3. The minimum absolute atomic E-state index is 0.0250. The lowest BCUT2D eigenvalue weighted by Gasteiger charge is -2.34. The number of allylic oxidation sites excluding steroid dienone is 1. The summed E-state index contributed by atoms with van der Waals surface area (Å²) in [5, 5.41) is 2.90. The average Bonchev–Trinajstić information content (AvgIpc) is 2.35. The normalized spacial score (nSPS) is 15.4. The van der Waals surface area contributed by atoms with Gasteiger partial charge in [0.05, 0.1) is 0 Å². The number of nitrogens with zero attached hydrogens (tertiary/aromatic N) is 2. The van der Waals surface area contributed by atoms with E-state index in [1.165, 1.54) is 0 Å². The summed E-state index contributed by atoms with van der Waals surface area (Å²) in [6.45, 7) is 11.1. The van der Waals surface area contributed by atoms with Crippen molar-refractivity contribution in [3.8, 4) is 0 Å². The van der Waals surface area contributed by atoms with E-state index in [0.29, 0.717) is 38.6 Å². The smallest absolute Gasteiger partial charge is 0.317 e. The van der Waals surface area contributed by atoms with Crippen LogP contribution >= 0.6 is 0 Å². The van der Waals surface area contributed by atoms with Gasteiger partial charge in [0.2, 0.25) is 5.91 Å². The molecule has 1 rings (SSSR count). The fourth-order valence-electron chi connectivity index (χ4n) is 1.87. The second-order valence-electron chi connectivity index (χ2n) is 5.61. The van der Waals surface area contributed by atoms with Gasteiger partial charge in [-0.1, -0.05) is 19.4 Å². The Morgan fingerprint density at radius 1 is 1.11 bits per heavy atom. The van der Waals surface area contributed by atoms with Crippen LogP contribution in [-0.4, -0.2) is 54.5 Å². The molecule has 0 aliphatic carbocycles. The number of hydrogen-bond acceptors (Lipinski definition) is 2. The highest BCUT2D eigenvalue weighted by atomic mass is 16.2. The van der Waals surface area contributed by atoms with Gasteiger partial charge in [-0.2, -0.15) is 0 Å². The molecule has 0 saturated carbocycles. The van der Waals surface area contributed by atoms with Crippen LogP contribution in [-0.2, 0) is 4.79 Å². The molecule has 1 saturated heterocycles. The molecule has 0 atom stereocenters. The zero-order chi connectivity index (χ0) is 14.4. The van der Waals surface area contributed by atoms with Crippen LogP contribution in [0.1, 0.15) is 27.7 Å². The van der Waals surface area contributed by atoms with Crippen molar-refractivity contribution >= 4 is 11.9 Å². The van der Waals surface area contributed by atoms with Gasteiger partial charge in [-0.25, -0.2) is 4.79 Å². The monoisotopic (exact) mass is 267 g/mol. The number of carbonyl (C=O) groups is 2. The molecule has 0 aromatic carbocycles. The van der Waals surface area contributed by atoms with Gasteiger partial charge < -0.3 is 15.1 Å². The summed E-state index contributed by atoms with van der Waals surface area (Å²) < 4.78 is 0. The van der Waals surface area contributed by atoms with E-state index in [1.54, 1.807) is 15.9 Å². The third-order valence-corrected chi connectivity index (χ3v) is 2.95. The van der Waals surface area contributed by atoms with Crippen molar-refractivity contribution in [2.45, 2.75) is 27.7 Å². The van der Waals surface area contributed by atoms with Crippen LogP contribution in [0, 0.1) is 5.92 Å². The highest BCUT2D eigenvalue weighted by Gasteiger charge is 2.22. The number of carbonyl (C=O) groups excluding carboxylic acids is 2.